The van der Waals surface area contributed by atoms with Gasteiger partial charge in [-0.15, -0.1) is 0 Å². The average Bonchev–Trinajstić information content (AvgIpc) is 2.92. The summed E-state index contributed by atoms with van der Waals surface area (Å²) in [6.07, 6.45) is 3.50. The Morgan fingerprint density at radius 2 is 1.75 bits per heavy atom. The van der Waals surface area contributed by atoms with Gasteiger partial charge in [-0.05, 0) is 37.7 Å². The SMILES string of the molecule is O=C(CCc1ccccc1)NNC(=O)C1(O)CCCC1. The van der Waals surface area contributed by atoms with E-state index in [-0.39, 0.29) is 5.91 Å². The van der Waals surface area contributed by atoms with E-state index >= 15 is 0 Å². The standard InChI is InChI=1S/C15H20N2O3/c18-13(9-8-12-6-2-1-3-7-12)16-17-14(19)15(20)10-4-5-11-15/h1-3,6-7,20H,4-5,8-11H2,(H,16,18)(H,17,19). The maximum atomic E-state index is 11.8. The van der Waals surface area contributed by atoms with Gasteiger partial charge in [-0.25, -0.2) is 0 Å². The highest BCUT2D eigenvalue weighted by Crippen LogP contribution is 2.29. The van der Waals surface area contributed by atoms with Gasteiger partial charge in [0, 0.05) is 6.42 Å². The minimum absolute atomic E-state index is 0.260. The molecule has 108 valence electrons. The molecule has 1 aromatic rings. The number of hydrogen-bond acceptors (Lipinski definition) is 3. The zero-order valence-corrected chi connectivity index (χ0v) is 11.4. The second-order valence-electron chi connectivity index (χ2n) is 5.23. The van der Waals surface area contributed by atoms with Gasteiger partial charge in [0.15, 0.2) is 0 Å². The molecule has 0 saturated heterocycles. The molecular weight excluding hydrogens is 256 g/mol. The normalized spacial score (nSPS) is 16.6. The van der Waals surface area contributed by atoms with Crippen LogP contribution in [-0.4, -0.2) is 22.5 Å². The molecule has 0 radical (unpaired) electrons. The zero-order chi connectivity index (χ0) is 14.4. The molecule has 1 fully saturated rings. The van der Waals surface area contributed by atoms with Gasteiger partial charge in [0.05, 0.1) is 0 Å². The monoisotopic (exact) mass is 276 g/mol. The number of nitrogens with one attached hydrogen (secondary N) is 2. The van der Waals surface area contributed by atoms with Crippen LogP contribution in [0.4, 0.5) is 0 Å². The van der Waals surface area contributed by atoms with Crippen molar-refractivity contribution in [3.05, 3.63) is 35.9 Å². The van der Waals surface area contributed by atoms with E-state index in [0.29, 0.717) is 25.7 Å². The minimum atomic E-state index is -1.31. The predicted octanol–water partition coefficient (Wildman–Crippen LogP) is 1.07. The Kier molecular flexibility index (Phi) is 4.74. The number of carbonyl (C=O) groups is 2. The maximum Gasteiger partial charge on any atom is 0.270 e. The van der Waals surface area contributed by atoms with Crippen LogP contribution in [0.1, 0.15) is 37.7 Å². The number of aliphatic hydroxyl groups is 1. The number of amides is 2. The lowest BCUT2D eigenvalue weighted by Gasteiger charge is -2.20. The molecule has 1 saturated carbocycles. The zero-order valence-electron chi connectivity index (χ0n) is 11.4. The molecule has 1 aromatic carbocycles. The molecule has 0 atom stereocenters. The second kappa shape index (κ2) is 6.52. The highest BCUT2D eigenvalue weighted by Gasteiger charge is 2.38. The fraction of sp³-hybridized carbons (Fsp3) is 0.467. The summed E-state index contributed by atoms with van der Waals surface area (Å²) in [6.45, 7) is 0. The second-order valence-corrected chi connectivity index (χ2v) is 5.23. The molecule has 0 unspecified atom stereocenters. The average molecular weight is 276 g/mol. The molecule has 1 aliphatic carbocycles. The van der Waals surface area contributed by atoms with Crippen LogP contribution in [0.15, 0.2) is 30.3 Å². The van der Waals surface area contributed by atoms with Crippen LogP contribution in [0.25, 0.3) is 0 Å². The van der Waals surface area contributed by atoms with Gasteiger partial charge in [0.2, 0.25) is 5.91 Å². The van der Waals surface area contributed by atoms with E-state index in [1.54, 1.807) is 0 Å². The maximum absolute atomic E-state index is 11.8. The summed E-state index contributed by atoms with van der Waals surface area (Å²) >= 11 is 0. The van der Waals surface area contributed by atoms with Crippen molar-refractivity contribution in [2.75, 3.05) is 0 Å². The molecule has 2 rings (SSSR count). The van der Waals surface area contributed by atoms with E-state index in [1.807, 2.05) is 30.3 Å². The molecule has 3 N–H and O–H groups in total. The van der Waals surface area contributed by atoms with Gasteiger partial charge >= 0.3 is 0 Å². The summed E-state index contributed by atoms with van der Waals surface area (Å²) in [4.78, 5) is 23.4. The van der Waals surface area contributed by atoms with Gasteiger partial charge in [-0.2, -0.15) is 0 Å². The third-order valence-corrected chi connectivity index (χ3v) is 3.65. The lowest BCUT2D eigenvalue weighted by molar-refractivity contribution is -0.142. The van der Waals surface area contributed by atoms with Gasteiger partial charge in [0.1, 0.15) is 5.60 Å². The van der Waals surface area contributed by atoms with Crippen LogP contribution in [0.2, 0.25) is 0 Å². The van der Waals surface area contributed by atoms with Crippen molar-refractivity contribution in [2.45, 2.75) is 44.1 Å². The van der Waals surface area contributed by atoms with Crippen LogP contribution in [0, 0.1) is 0 Å². The van der Waals surface area contributed by atoms with E-state index in [2.05, 4.69) is 10.9 Å². The molecule has 0 bridgehead atoms. The van der Waals surface area contributed by atoms with Crippen LogP contribution < -0.4 is 10.9 Å². The lowest BCUT2D eigenvalue weighted by atomic mass is 10.0. The van der Waals surface area contributed by atoms with Crippen molar-refractivity contribution < 1.29 is 14.7 Å². The summed E-state index contributed by atoms with van der Waals surface area (Å²) in [5, 5.41) is 10.0. The Morgan fingerprint density at radius 3 is 2.40 bits per heavy atom. The molecule has 0 aliphatic heterocycles. The van der Waals surface area contributed by atoms with E-state index < -0.39 is 11.5 Å². The third-order valence-electron chi connectivity index (χ3n) is 3.65. The van der Waals surface area contributed by atoms with Crippen molar-refractivity contribution in [3.8, 4) is 0 Å². The fourth-order valence-corrected chi connectivity index (χ4v) is 2.39. The molecule has 0 heterocycles. The first kappa shape index (κ1) is 14.5. The Labute approximate surface area is 118 Å². The molecule has 5 heteroatoms. The van der Waals surface area contributed by atoms with Crippen molar-refractivity contribution in [3.63, 3.8) is 0 Å². The summed E-state index contributed by atoms with van der Waals surface area (Å²) in [5.41, 5.74) is 4.43. The number of carbonyl (C=O) groups excluding carboxylic acids is 2. The van der Waals surface area contributed by atoms with E-state index in [1.165, 1.54) is 0 Å². The fourth-order valence-electron chi connectivity index (χ4n) is 2.39. The Morgan fingerprint density at radius 1 is 1.10 bits per heavy atom. The van der Waals surface area contributed by atoms with E-state index in [0.717, 1.165) is 18.4 Å². The highest BCUT2D eigenvalue weighted by molar-refractivity contribution is 5.87. The first-order valence-electron chi connectivity index (χ1n) is 6.96. The summed E-state index contributed by atoms with van der Waals surface area (Å²) < 4.78 is 0. The third kappa shape index (κ3) is 3.81. The first-order valence-corrected chi connectivity index (χ1v) is 6.96. The van der Waals surface area contributed by atoms with Gasteiger partial charge < -0.3 is 5.11 Å². The summed E-state index contributed by atoms with van der Waals surface area (Å²) in [5.74, 6) is -0.771. The molecule has 2 amide bonds. The molecule has 0 spiro atoms. The summed E-state index contributed by atoms with van der Waals surface area (Å²) in [7, 11) is 0. The molecule has 20 heavy (non-hydrogen) atoms. The Bertz CT molecular complexity index is 467. The van der Waals surface area contributed by atoms with Crippen LogP contribution in [-0.2, 0) is 16.0 Å². The van der Waals surface area contributed by atoms with Crippen molar-refractivity contribution in [1.29, 1.82) is 0 Å². The number of hydrogen-bond donors (Lipinski definition) is 3. The van der Waals surface area contributed by atoms with Crippen molar-refractivity contribution in [2.24, 2.45) is 0 Å². The smallest absolute Gasteiger partial charge is 0.270 e. The number of aryl methyl sites for hydroxylation is 1. The lowest BCUT2D eigenvalue weighted by Crippen LogP contribution is -2.52. The molecule has 1 aliphatic rings. The molecule has 5 nitrogen and oxygen atoms in total. The van der Waals surface area contributed by atoms with Crippen molar-refractivity contribution >= 4 is 11.8 Å². The number of rotatable bonds is 4. The quantitative estimate of drug-likeness (QED) is 0.720. The van der Waals surface area contributed by atoms with Gasteiger partial charge in [-0.3, -0.25) is 20.4 Å². The van der Waals surface area contributed by atoms with E-state index in [4.69, 9.17) is 0 Å². The largest absolute Gasteiger partial charge is 0.380 e. The number of hydrazine groups is 1. The van der Waals surface area contributed by atoms with Crippen LogP contribution >= 0.6 is 0 Å². The van der Waals surface area contributed by atoms with Crippen LogP contribution in [0.3, 0.4) is 0 Å². The number of benzene rings is 1. The highest BCUT2D eigenvalue weighted by atomic mass is 16.3. The first-order chi connectivity index (χ1) is 9.60. The topological polar surface area (TPSA) is 78.4 Å². The van der Waals surface area contributed by atoms with E-state index in [9.17, 15) is 14.7 Å². The predicted molar refractivity (Wildman–Crippen MR) is 74.5 cm³/mol. The minimum Gasteiger partial charge on any atom is -0.380 e. The molecular formula is C15H20N2O3. The van der Waals surface area contributed by atoms with Gasteiger partial charge in [-0.1, -0.05) is 30.3 Å². The Balaban J connectivity index is 1.71. The molecule has 0 aromatic heterocycles. The Hall–Kier alpha value is -1.88. The van der Waals surface area contributed by atoms with Crippen molar-refractivity contribution in [1.82, 2.24) is 10.9 Å². The summed E-state index contributed by atoms with van der Waals surface area (Å²) in [6, 6.07) is 9.67. The van der Waals surface area contributed by atoms with Gasteiger partial charge in [0.25, 0.3) is 5.91 Å². The van der Waals surface area contributed by atoms with Crippen LogP contribution in [0.5, 0.6) is 0 Å².